The topological polar surface area (TPSA) is 12.0 Å². The smallest absolute Gasteiger partial charge is 0.0130 e. The third-order valence-corrected chi connectivity index (χ3v) is 4.53. The summed E-state index contributed by atoms with van der Waals surface area (Å²) in [6, 6.07) is 10.7. The molecule has 2 saturated heterocycles. The Morgan fingerprint density at radius 1 is 1.00 bits per heavy atom. The molecular weight excluding hydrogens is 297 g/mol. The fraction of sp³-hybridized carbons (Fsp3) is 0.538. The van der Waals surface area contributed by atoms with E-state index in [1.807, 2.05) is 0 Å². The van der Waals surface area contributed by atoms with Crippen molar-refractivity contribution in [3.63, 3.8) is 0 Å². The zero-order valence-electron chi connectivity index (χ0n) is 8.75. The minimum Gasteiger partial charge on any atom is -0.311 e. The summed E-state index contributed by atoms with van der Waals surface area (Å²) < 4.78 is 1.34. The summed E-state index contributed by atoms with van der Waals surface area (Å²) in [6.07, 6.45) is 5.48. The van der Waals surface area contributed by atoms with E-state index in [0.717, 1.165) is 18.0 Å². The molecule has 2 heteroatoms. The van der Waals surface area contributed by atoms with Gasteiger partial charge in [-0.05, 0) is 71.9 Å². The van der Waals surface area contributed by atoms with E-state index >= 15 is 0 Å². The fourth-order valence-corrected chi connectivity index (χ4v) is 3.42. The van der Waals surface area contributed by atoms with E-state index in [-0.39, 0.29) is 0 Å². The van der Waals surface area contributed by atoms with Gasteiger partial charge in [-0.1, -0.05) is 12.1 Å². The first-order valence-corrected chi connectivity index (χ1v) is 6.90. The van der Waals surface area contributed by atoms with Crippen molar-refractivity contribution in [2.75, 3.05) is 0 Å². The molecule has 0 radical (unpaired) electrons. The van der Waals surface area contributed by atoms with Gasteiger partial charge in [0, 0.05) is 15.7 Å². The maximum atomic E-state index is 3.70. The molecule has 2 aliphatic heterocycles. The lowest BCUT2D eigenvalue weighted by Gasteiger charge is -2.29. The quantitative estimate of drug-likeness (QED) is 0.785. The van der Waals surface area contributed by atoms with E-state index in [1.165, 1.54) is 29.3 Å². The minimum absolute atomic E-state index is 0.799. The number of halogens is 1. The zero-order chi connectivity index (χ0) is 10.3. The highest BCUT2D eigenvalue weighted by Crippen LogP contribution is 2.37. The van der Waals surface area contributed by atoms with Crippen molar-refractivity contribution in [1.29, 1.82) is 0 Å². The van der Waals surface area contributed by atoms with Crippen molar-refractivity contribution in [1.82, 2.24) is 5.32 Å². The number of piperidine rings is 1. The molecule has 2 atom stereocenters. The fourth-order valence-electron chi connectivity index (χ4n) is 3.06. The predicted molar refractivity (Wildman–Crippen MR) is 71.1 cm³/mol. The molecule has 0 aliphatic carbocycles. The Bertz CT molecular complexity index is 334. The number of nitrogens with one attached hydrogen (secondary N) is 1. The Hall–Kier alpha value is -0.0900. The maximum absolute atomic E-state index is 3.70. The molecule has 0 aromatic heterocycles. The van der Waals surface area contributed by atoms with Gasteiger partial charge >= 0.3 is 0 Å². The molecule has 2 fully saturated rings. The monoisotopic (exact) mass is 313 g/mol. The van der Waals surface area contributed by atoms with E-state index in [2.05, 4.69) is 52.2 Å². The van der Waals surface area contributed by atoms with Gasteiger partial charge in [0.05, 0.1) is 0 Å². The largest absolute Gasteiger partial charge is 0.311 e. The van der Waals surface area contributed by atoms with Gasteiger partial charge in [-0.15, -0.1) is 0 Å². The molecule has 0 spiro atoms. The first kappa shape index (κ1) is 10.1. The van der Waals surface area contributed by atoms with Gasteiger partial charge in [-0.3, -0.25) is 0 Å². The third kappa shape index (κ3) is 2.07. The number of fused-ring (bicyclic) bond motifs is 2. The minimum atomic E-state index is 0.799. The molecule has 3 rings (SSSR count). The molecule has 1 aromatic carbocycles. The normalized spacial score (nSPS) is 34.3. The van der Waals surface area contributed by atoms with E-state index in [4.69, 9.17) is 0 Å². The molecule has 2 heterocycles. The van der Waals surface area contributed by atoms with Crippen LogP contribution in [-0.2, 0) is 0 Å². The van der Waals surface area contributed by atoms with Crippen molar-refractivity contribution in [3.8, 4) is 0 Å². The van der Waals surface area contributed by atoms with Crippen LogP contribution < -0.4 is 5.32 Å². The Labute approximate surface area is 105 Å². The second kappa shape index (κ2) is 4.06. The van der Waals surface area contributed by atoms with Gasteiger partial charge in [-0.25, -0.2) is 0 Å². The van der Waals surface area contributed by atoms with E-state index in [0.29, 0.717) is 0 Å². The lowest BCUT2D eigenvalue weighted by molar-refractivity contribution is 0.363. The molecule has 2 bridgehead atoms. The van der Waals surface area contributed by atoms with E-state index < -0.39 is 0 Å². The Balaban J connectivity index is 1.80. The summed E-state index contributed by atoms with van der Waals surface area (Å²) in [4.78, 5) is 0. The van der Waals surface area contributed by atoms with Crippen molar-refractivity contribution in [2.24, 2.45) is 0 Å². The van der Waals surface area contributed by atoms with Crippen LogP contribution in [0.15, 0.2) is 24.3 Å². The van der Waals surface area contributed by atoms with Gasteiger partial charge in [0.15, 0.2) is 0 Å². The van der Waals surface area contributed by atoms with Crippen LogP contribution in [0.5, 0.6) is 0 Å². The van der Waals surface area contributed by atoms with Crippen molar-refractivity contribution < 1.29 is 0 Å². The molecule has 2 unspecified atom stereocenters. The summed E-state index contributed by atoms with van der Waals surface area (Å²) >= 11 is 2.38. The molecule has 1 aromatic rings. The van der Waals surface area contributed by atoms with Crippen LogP contribution in [0.4, 0.5) is 0 Å². The summed E-state index contributed by atoms with van der Waals surface area (Å²) in [5, 5.41) is 3.70. The van der Waals surface area contributed by atoms with Crippen molar-refractivity contribution in [3.05, 3.63) is 33.4 Å². The lowest BCUT2D eigenvalue weighted by atomic mass is 9.86. The number of benzene rings is 1. The van der Waals surface area contributed by atoms with Crippen LogP contribution in [-0.4, -0.2) is 12.1 Å². The second-order valence-corrected chi connectivity index (χ2v) is 6.10. The van der Waals surface area contributed by atoms with Crippen LogP contribution in [0, 0.1) is 3.57 Å². The highest BCUT2D eigenvalue weighted by Gasteiger charge is 2.33. The molecule has 0 saturated carbocycles. The van der Waals surface area contributed by atoms with Crippen molar-refractivity contribution >= 4 is 22.6 Å². The summed E-state index contributed by atoms with van der Waals surface area (Å²) in [5.41, 5.74) is 1.55. The number of hydrogen-bond donors (Lipinski definition) is 1. The van der Waals surface area contributed by atoms with Crippen LogP contribution >= 0.6 is 22.6 Å². The first-order chi connectivity index (χ1) is 7.31. The highest BCUT2D eigenvalue weighted by atomic mass is 127. The average molecular weight is 313 g/mol. The average Bonchev–Trinajstić information content (AvgIpc) is 2.59. The predicted octanol–water partition coefficient (Wildman–Crippen LogP) is 3.29. The van der Waals surface area contributed by atoms with E-state index in [1.54, 1.807) is 5.56 Å². The van der Waals surface area contributed by atoms with Crippen LogP contribution in [0.1, 0.15) is 37.2 Å². The zero-order valence-corrected chi connectivity index (χ0v) is 10.9. The first-order valence-electron chi connectivity index (χ1n) is 5.83. The lowest BCUT2D eigenvalue weighted by Crippen LogP contribution is -2.37. The van der Waals surface area contributed by atoms with Crippen molar-refractivity contribution in [2.45, 2.75) is 43.7 Å². The molecule has 0 amide bonds. The Kier molecular flexibility index (Phi) is 2.73. The standard InChI is InChI=1S/C13H16IN/c14-11-3-1-9(2-4-11)10-7-12-5-6-13(8-10)15-12/h1-4,10,12-13,15H,5-8H2. The van der Waals surface area contributed by atoms with Gasteiger partial charge in [0.2, 0.25) is 0 Å². The molecular formula is C13H16IN. The number of rotatable bonds is 1. The summed E-state index contributed by atoms with van der Waals surface area (Å²) in [7, 11) is 0. The summed E-state index contributed by atoms with van der Waals surface area (Å²) in [6.45, 7) is 0. The van der Waals surface area contributed by atoms with Gasteiger partial charge in [0.25, 0.3) is 0 Å². The SMILES string of the molecule is Ic1ccc(C2CC3CCC(C2)N3)cc1. The van der Waals surface area contributed by atoms with Gasteiger partial charge in [-0.2, -0.15) is 0 Å². The van der Waals surface area contributed by atoms with Gasteiger partial charge < -0.3 is 5.32 Å². The van der Waals surface area contributed by atoms with E-state index in [9.17, 15) is 0 Å². The molecule has 2 aliphatic rings. The summed E-state index contributed by atoms with van der Waals surface area (Å²) in [5.74, 6) is 0.806. The molecule has 1 N–H and O–H groups in total. The maximum Gasteiger partial charge on any atom is 0.0130 e. The second-order valence-electron chi connectivity index (χ2n) is 4.86. The molecule has 80 valence electrons. The molecule has 15 heavy (non-hydrogen) atoms. The Morgan fingerprint density at radius 3 is 2.20 bits per heavy atom. The number of hydrogen-bond acceptors (Lipinski definition) is 1. The Morgan fingerprint density at radius 2 is 1.60 bits per heavy atom. The highest BCUT2D eigenvalue weighted by molar-refractivity contribution is 14.1. The third-order valence-electron chi connectivity index (χ3n) is 3.81. The van der Waals surface area contributed by atoms with Gasteiger partial charge in [0.1, 0.15) is 0 Å². The molecule has 1 nitrogen and oxygen atoms in total. The van der Waals surface area contributed by atoms with Crippen LogP contribution in [0.25, 0.3) is 0 Å². The van der Waals surface area contributed by atoms with Crippen LogP contribution in [0.3, 0.4) is 0 Å². The van der Waals surface area contributed by atoms with Crippen LogP contribution in [0.2, 0.25) is 0 Å².